The van der Waals surface area contributed by atoms with Crippen LogP contribution in [0.25, 0.3) is 61.0 Å². The number of nitrogens with zero attached hydrogens (tertiary/aromatic N) is 4. The van der Waals surface area contributed by atoms with Gasteiger partial charge in [0.05, 0.1) is 6.85 Å². The average Bonchev–Trinajstić information content (AvgIpc) is 4.01. The van der Waals surface area contributed by atoms with Gasteiger partial charge in [-0.2, -0.15) is 12.1 Å². The van der Waals surface area contributed by atoms with E-state index in [4.69, 9.17) is 13.8 Å². The summed E-state index contributed by atoms with van der Waals surface area (Å²) >= 11 is 0. The van der Waals surface area contributed by atoms with Crippen LogP contribution >= 0.6 is 0 Å². The molecule has 0 bridgehead atoms. The van der Waals surface area contributed by atoms with E-state index in [-0.39, 0.29) is 55.0 Å². The number of rotatable bonds is 8. The van der Waals surface area contributed by atoms with Crippen LogP contribution in [0.3, 0.4) is 0 Å². The van der Waals surface area contributed by atoms with Gasteiger partial charge in [-0.25, -0.2) is 4.98 Å². The molecule has 1 aliphatic heterocycles. The van der Waals surface area contributed by atoms with Crippen molar-refractivity contribution in [3.8, 4) is 50.7 Å². The van der Waals surface area contributed by atoms with Gasteiger partial charge >= 0.3 is 0 Å². The molecule has 0 amide bonds. The zero-order chi connectivity index (χ0) is 53.6. The Labute approximate surface area is 447 Å². The molecule has 0 saturated heterocycles. The molecule has 0 spiro atoms. The van der Waals surface area contributed by atoms with Crippen LogP contribution < -0.4 is 14.5 Å². The number of fused-ring (bicyclic) bond motifs is 4. The number of hydrogen-bond donors (Lipinski definition) is 0. The van der Waals surface area contributed by atoms with Crippen molar-refractivity contribution in [2.75, 3.05) is 9.80 Å². The maximum atomic E-state index is 9.24. The fraction of sp³-hybridized carbons (Fsp3) is 0.182. The van der Waals surface area contributed by atoms with E-state index in [1.807, 2.05) is 79.6 Å². The molecule has 72 heavy (non-hydrogen) atoms. The number of benzene rings is 8. The van der Waals surface area contributed by atoms with Crippen LogP contribution in [0.2, 0.25) is 0 Å². The fourth-order valence-corrected chi connectivity index (χ4v) is 9.55. The molecule has 5 nitrogen and oxygen atoms in total. The van der Waals surface area contributed by atoms with E-state index >= 15 is 0 Å². The Morgan fingerprint density at radius 1 is 0.514 bits per heavy atom. The summed E-state index contributed by atoms with van der Waals surface area (Å²) in [7, 11) is 0. The smallest absolute Gasteiger partial charge is 0.135 e. The van der Waals surface area contributed by atoms with Crippen molar-refractivity contribution in [1.29, 1.82) is 0 Å². The molecule has 6 heteroatoms. The van der Waals surface area contributed by atoms with Gasteiger partial charge in [0.2, 0.25) is 0 Å². The van der Waals surface area contributed by atoms with Gasteiger partial charge in [0, 0.05) is 72.5 Å². The number of aromatic nitrogens is 2. The molecule has 0 fully saturated rings. The Kier molecular flexibility index (Phi) is 11.1. The Balaban J connectivity index is 0.00000672. The Morgan fingerprint density at radius 2 is 1.15 bits per heavy atom. The van der Waals surface area contributed by atoms with Crippen molar-refractivity contribution in [2.45, 2.75) is 78.6 Å². The number of hydrogen-bond acceptors (Lipinski definition) is 4. The fourth-order valence-electron chi connectivity index (χ4n) is 9.55. The topological polar surface area (TPSA) is 33.5 Å². The van der Waals surface area contributed by atoms with E-state index in [0.29, 0.717) is 28.4 Å². The summed E-state index contributed by atoms with van der Waals surface area (Å²) in [5.41, 5.74) is 12.6. The van der Waals surface area contributed by atoms with E-state index in [0.717, 1.165) is 72.4 Å². The predicted octanol–water partition coefficient (Wildman–Crippen LogP) is 17.9. The average molecular weight is 1120 g/mol. The van der Waals surface area contributed by atoms with E-state index in [1.54, 1.807) is 0 Å². The van der Waals surface area contributed by atoms with E-state index in [1.165, 1.54) is 5.56 Å². The van der Waals surface area contributed by atoms with Gasteiger partial charge in [-0.15, -0.1) is 48.1 Å². The normalized spacial score (nSPS) is 13.8. The molecule has 8 aromatic carbocycles. The molecule has 0 N–H and O–H groups in total. The van der Waals surface area contributed by atoms with Gasteiger partial charge in [0.25, 0.3) is 0 Å². The largest absolute Gasteiger partial charge is 0.509 e. The van der Waals surface area contributed by atoms with Gasteiger partial charge < -0.3 is 19.1 Å². The molecule has 11 rings (SSSR count). The van der Waals surface area contributed by atoms with Crippen LogP contribution in [-0.4, -0.2) is 9.55 Å². The summed E-state index contributed by atoms with van der Waals surface area (Å²) in [6.45, 7) is 21.9. The second-order valence-corrected chi connectivity index (χ2v) is 21.5. The van der Waals surface area contributed by atoms with Crippen molar-refractivity contribution in [1.82, 2.24) is 9.55 Å². The monoisotopic (exact) mass is 1120 g/mol. The van der Waals surface area contributed by atoms with Crippen LogP contribution in [0.15, 0.2) is 188 Å². The van der Waals surface area contributed by atoms with E-state index in [9.17, 15) is 2.74 Å². The molecule has 0 unspecified atom stereocenters. The second kappa shape index (κ2) is 18.8. The van der Waals surface area contributed by atoms with Crippen molar-refractivity contribution >= 4 is 44.6 Å². The SMILES string of the molecule is [2H]c1c([2H])c([2H])c(-c2cccc(-c3cc(C(C)(C)C)cc(C(C)(C)C)c3)c2N2[CH-]N(c3[c-]c(Oc4[c-]c5c(cc4)c4cc(-c6ccccc6)ccc4n5-c4cc(C(C)(C)C)ccn4)ccc3)c3ccccc32)c([2H])c1[2H].[Pt]. The van der Waals surface area contributed by atoms with Gasteiger partial charge in [0.1, 0.15) is 5.82 Å². The standard InChI is InChI=1S/C66H59N4O.Pt/c1-64(2,3)48-34-35-67-62(40-48)70-58-33-30-46(44-20-12-10-13-21-44)38-57(58)56-32-31-53(42-61(56)70)71-52-25-18-24-51(41-52)68-43-69(60-29-17-16-28-59(60)68)63-54(45-22-14-11-15-23-45)26-19-27-55(63)47-36-49(65(4,5)6)39-50(37-47)66(7,8)9;/h10-40,43H,1-9H3;/q-3;/i11D,14D,15D,22D,23D;. The van der Waals surface area contributed by atoms with Gasteiger partial charge in [-0.3, -0.25) is 0 Å². The summed E-state index contributed by atoms with van der Waals surface area (Å²) in [6, 6.07) is 57.2. The molecule has 2 aromatic heterocycles. The molecule has 362 valence electrons. The summed E-state index contributed by atoms with van der Waals surface area (Å²) in [4.78, 5) is 9.06. The van der Waals surface area contributed by atoms with E-state index in [2.05, 4.69) is 174 Å². The minimum atomic E-state index is -0.439. The first-order valence-electron chi connectivity index (χ1n) is 26.8. The number of pyridine rings is 1. The van der Waals surface area contributed by atoms with Crippen LogP contribution in [0.1, 0.15) is 85.9 Å². The molecule has 3 heterocycles. The quantitative estimate of drug-likeness (QED) is 0.142. The predicted molar refractivity (Wildman–Crippen MR) is 297 cm³/mol. The Hall–Kier alpha value is -7.20. The minimum absolute atomic E-state index is 0. The Morgan fingerprint density at radius 3 is 1.85 bits per heavy atom. The molecule has 0 saturated carbocycles. The van der Waals surface area contributed by atoms with Gasteiger partial charge in [-0.05, 0) is 90.9 Å². The molecule has 0 aliphatic carbocycles. The maximum Gasteiger partial charge on any atom is 0.135 e. The van der Waals surface area contributed by atoms with E-state index < -0.39 is 18.1 Å². The van der Waals surface area contributed by atoms with Crippen molar-refractivity contribution < 1.29 is 32.7 Å². The minimum Gasteiger partial charge on any atom is -0.509 e. The van der Waals surface area contributed by atoms with Crippen LogP contribution in [0.4, 0.5) is 22.7 Å². The van der Waals surface area contributed by atoms with Crippen molar-refractivity contribution in [3.05, 3.63) is 224 Å². The zero-order valence-corrected chi connectivity index (χ0v) is 44.4. The van der Waals surface area contributed by atoms with Crippen LogP contribution in [-0.2, 0) is 37.3 Å². The number of ether oxygens (including phenoxy) is 1. The summed E-state index contributed by atoms with van der Waals surface area (Å²) < 4.78 is 53.4. The maximum absolute atomic E-state index is 9.24. The second-order valence-electron chi connectivity index (χ2n) is 21.5. The van der Waals surface area contributed by atoms with Gasteiger partial charge in [-0.1, -0.05) is 189 Å². The van der Waals surface area contributed by atoms with Crippen molar-refractivity contribution in [2.24, 2.45) is 0 Å². The third-order valence-corrected chi connectivity index (χ3v) is 13.5. The molecule has 10 aromatic rings. The van der Waals surface area contributed by atoms with Crippen molar-refractivity contribution in [3.63, 3.8) is 0 Å². The summed E-state index contributed by atoms with van der Waals surface area (Å²) in [5, 5.41) is 2.10. The zero-order valence-electron chi connectivity index (χ0n) is 47.1. The first-order valence-corrected chi connectivity index (χ1v) is 24.3. The van der Waals surface area contributed by atoms with Crippen LogP contribution in [0.5, 0.6) is 11.5 Å². The third kappa shape index (κ3) is 9.16. The first kappa shape index (κ1) is 42.5. The number of anilines is 4. The molecule has 1 aliphatic rings. The molecule has 0 radical (unpaired) electrons. The van der Waals surface area contributed by atoms with Crippen LogP contribution in [0, 0.1) is 18.8 Å². The Bertz CT molecular complexity index is 3870. The molecular formula is C66H59N4OPt-3. The first-order chi connectivity index (χ1) is 36.2. The number of para-hydroxylation sites is 3. The molecular weight excluding hydrogens is 1060 g/mol. The third-order valence-electron chi connectivity index (χ3n) is 13.5. The molecule has 0 atom stereocenters. The summed E-state index contributed by atoms with van der Waals surface area (Å²) in [6.07, 6.45) is 1.88. The summed E-state index contributed by atoms with van der Waals surface area (Å²) in [5.74, 6) is 1.78. The van der Waals surface area contributed by atoms with Gasteiger partial charge in [0.15, 0.2) is 0 Å².